The molecule has 2 atom stereocenters. The summed E-state index contributed by atoms with van der Waals surface area (Å²) in [7, 11) is 0. The van der Waals surface area contributed by atoms with Gasteiger partial charge in [-0.05, 0) is 24.6 Å². The van der Waals surface area contributed by atoms with E-state index in [0.29, 0.717) is 19.1 Å². The maximum atomic E-state index is 5.82. The molecular formula is C12H17NO2. The lowest BCUT2D eigenvalue weighted by atomic mass is 10.1. The molecule has 0 radical (unpaired) electrons. The second-order valence-corrected chi connectivity index (χ2v) is 4.22. The van der Waals surface area contributed by atoms with Gasteiger partial charge in [0.2, 0.25) is 0 Å². The van der Waals surface area contributed by atoms with E-state index in [4.69, 9.17) is 15.2 Å². The van der Waals surface area contributed by atoms with Crippen molar-refractivity contribution in [3.8, 4) is 11.5 Å². The third kappa shape index (κ3) is 2.23. The molecule has 1 aromatic carbocycles. The first kappa shape index (κ1) is 10.3. The van der Waals surface area contributed by atoms with E-state index in [1.807, 2.05) is 25.1 Å². The Hall–Kier alpha value is -1.22. The van der Waals surface area contributed by atoms with Crippen LogP contribution in [0.4, 0.5) is 0 Å². The van der Waals surface area contributed by atoms with Crippen LogP contribution in [0.2, 0.25) is 0 Å². The Morgan fingerprint density at radius 1 is 1.27 bits per heavy atom. The topological polar surface area (TPSA) is 44.5 Å². The summed E-state index contributed by atoms with van der Waals surface area (Å²) in [6.45, 7) is 5.49. The Balaban J connectivity index is 2.28. The van der Waals surface area contributed by atoms with Crippen LogP contribution in [0.25, 0.3) is 0 Å². The summed E-state index contributed by atoms with van der Waals surface area (Å²) in [5.74, 6) is 2.06. The van der Waals surface area contributed by atoms with Crippen molar-refractivity contribution in [2.45, 2.75) is 19.9 Å². The first-order valence-corrected chi connectivity index (χ1v) is 5.32. The monoisotopic (exact) mass is 207 g/mol. The zero-order valence-electron chi connectivity index (χ0n) is 9.19. The van der Waals surface area contributed by atoms with Gasteiger partial charge < -0.3 is 15.2 Å². The van der Waals surface area contributed by atoms with Crippen LogP contribution in [0, 0.1) is 5.92 Å². The zero-order chi connectivity index (χ0) is 10.8. The van der Waals surface area contributed by atoms with E-state index >= 15 is 0 Å². The molecule has 3 nitrogen and oxygen atoms in total. The summed E-state index contributed by atoms with van der Waals surface area (Å²) in [6.07, 6.45) is 0. The summed E-state index contributed by atoms with van der Waals surface area (Å²) in [5, 5.41) is 0. The Kier molecular flexibility index (Phi) is 2.82. The van der Waals surface area contributed by atoms with Crippen LogP contribution in [-0.4, -0.2) is 13.2 Å². The average molecular weight is 207 g/mol. The molecule has 1 unspecified atom stereocenters. The highest BCUT2D eigenvalue weighted by atomic mass is 16.5. The van der Waals surface area contributed by atoms with E-state index in [0.717, 1.165) is 17.1 Å². The van der Waals surface area contributed by atoms with E-state index in [-0.39, 0.29) is 6.04 Å². The SMILES string of the molecule is CC1COc2ccc([C@@H](C)N)cc2OC1. The summed E-state index contributed by atoms with van der Waals surface area (Å²) in [5.41, 5.74) is 6.89. The molecule has 15 heavy (non-hydrogen) atoms. The van der Waals surface area contributed by atoms with Gasteiger partial charge in [-0.2, -0.15) is 0 Å². The molecule has 0 amide bonds. The molecule has 0 bridgehead atoms. The molecule has 1 aromatic rings. The number of benzene rings is 1. The number of ether oxygens (including phenoxy) is 2. The van der Waals surface area contributed by atoms with Gasteiger partial charge in [-0.25, -0.2) is 0 Å². The van der Waals surface area contributed by atoms with Gasteiger partial charge in [0.15, 0.2) is 11.5 Å². The molecule has 0 fully saturated rings. The van der Waals surface area contributed by atoms with Crippen molar-refractivity contribution in [2.24, 2.45) is 11.7 Å². The van der Waals surface area contributed by atoms with Crippen molar-refractivity contribution in [1.82, 2.24) is 0 Å². The lowest BCUT2D eigenvalue weighted by Crippen LogP contribution is -2.12. The number of hydrogen-bond donors (Lipinski definition) is 1. The van der Waals surface area contributed by atoms with Gasteiger partial charge in [0.25, 0.3) is 0 Å². The smallest absolute Gasteiger partial charge is 0.161 e. The minimum absolute atomic E-state index is 0.0274. The first-order valence-electron chi connectivity index (χ1n) is 5.32. The number of nitrogens with two attached hydrogens (primary N) is 1. The maximum absolute atomic E-state index is 5.82. The molecule has 3 heteroatoms. The van der Waals surface area contributed by atoms with Gasteiger partial charge in [0.1, 0.15) is 0 Å². The highest BCUT2D eigenvalue weighted by Crippen LogP contribution is 2.32. The summed E-state index contributed by atoms with van der Waals surface area (Å²) < 4.78 is 11.3. The molecular weight excluding hydrogens is 190 g/mol. The van der Waals surface area contributed by atoms with Crippen LogP contribution in [0.1, 0.15) is 25.5 Å². The average Bonchev–Trinajstić information content (AvgIpc) is 2.40. The van der Waals surface area contributed by atoms with Crippen LogP contribution < -0.4 is 15.2 Å². The quantitative estimate of drug-likeness (QED) is 0.767. The lowest BCUT2D eigenvalue weighted by molar-refractivity contribution is 0.228. The van der Waals surface area contributed by atoms with E-state index in [9.17, 15) is 0 Å². The molecule has 1 heterocycles. The molecule has 0 spiro atoms. The maximum Gasteiger partial charge on any atom is 0.161 e. The van der Waals surface area contributed by atoms with Gasteiger partial charge in [0.05, 0.1) is 13.2 Å². The third-order valence-electron chi connectivity index (χ3n) is 2.54. The van der Waals surface area contributed by atoms with Crippen molar-refractivity contribution < 1.29 is 9.47 Å². The highest BCUT2D eigenvalue weighted by Gasteiger charge is 2.15. The van der Waals surface area contributed by atoms with Crippen molar-refractivity contribution in [1.29, 1.82) is 0 Å². The lowest BCUT2D eigenvalue weighted by Gasteiger charge is -2.11. The van der Waals surface area contributed by atoms with Crippen molar-refractivity contribution in [3.05, 3.63) is 23.8 Å². The normalized spacial score (nSPS) is 21.9. The first-order chi connectivity index (χ1) is 7.16. The Morgan fingerprint density at radius 3 is 2.60 bits per heavy atom. The minimum Gasteiger partial charge on any atom is -0.489 e. The van der Waals surface area contributed by atoms with Crippen molar-refractivity contribution in [3.63, 3.8) is 0 Å². The van der Waals surface area contributed by atoms with Crippen molar-refractivity contribution >= 4 is 0 Å². The fourth-order valence-corrected chi connectivity index (χ4v) is 1.55. The molecule has 0 aromatic heterocycles. The van der Waals surface area contributed by atoms with Gasteiger partial charge in [-0.1, -0.05) is 13.0 Å². The van der Waals surface area contributed by atoms with Gasteiger partial charge >= 0.3 is 0 Å². The van der Waals surface area contributed by atoms with E-state index in [2.05, 4.69) is 6.92 Å². The summed E-state index contributed by atoms with van der Waals surface area (Å²) >= 11 is 0. The minimum atomic E-state index is 0.0274. The molecule has 82 valence electrons. The fraction of sp³-hybridized carbons (Fsp3) is 0.500. The largest absolute Gasteiger partial charge is 0.489 e. The molecule has 2 N–H and O–H groups in total. The molecule has 0 saturated carbocycles. The van der Waals surface area contributed by atoms with Gasteiger partial charge in [0, 0.05) is 12.0 Å². The molecule has 1 aliphatic rings. The molecule has 0 aliphatic carbocycles. The van der Waals surface area contributed by atoms with Crippen LogP contribution in [0.5, 0.6) is 11.5 Å². The fourth-order valence-electron chi connectivity index (χ4n) is 1.55. The van der Waals surface area contributed by atoms with Crippen molar-refractivity contribution in [2.75, 3.05) is 13.2 Å². The Bertz CT molecular complexity index is 349. The summed E-state index contributed by atoms with van der Waals surface area (Å²) in [6, 6.07) is 5.92. The highest BCUT2D eigenvalue weighted by molar-refractivity contribution is 5.44. The van der Waals surface area contributed by atoms with Crippen LogP contribution in [-0.2, 0) is 0 Å². The molecule has 1 aliphatic heterocycles. The van der Waals surface area contributed by atoms with E-state index in [1.54, 1.807) is 0 Å². The van der Waals surface area contributed by atoms with Crippen LogP contribution >= 0.6 is 0 Å². The Labute approximate surface area is 90.2 Å². The number of hydrogen-bond acceptors (Lipinski definition) is 3. The second-order valence-electron chi connectivity index (χ2n) is 4.22. The predicted molar refractivity (Wildman–Crippen MR) is 59.2 cm³/mol. The van der Waals surface area contributed by atoms with E-state index in [1.165, 1.54) is 0 Å². The van der Waals surface area contributed by atoms with Crippen LogP contribution in [0.3, 0.4) is 0 Å². The summed E-state index contributed by atoms with van der Waals surface area (Å²) in [4.78, 5) is 0. The van der Waals surface area contributed by atoms with Crippen LogP contribution in [0.15, 0.2) is 18.2 Å². The number of fused-ring (bicyclic) bond motifs is 1. The second kappa shape index (κ2) is 4.11. The molecule has 2 rings (SSSR count). The molecule has 0 saturated heterocycles. The standard InChI is InChI=1S/C12H17NO2/c1-8-6-14-11-4-3-10(9(2)13)5-12(11)15-7-8/h3-5,8-9H,6-7,13H2,1-2H3/t8?,9-/m1/s1. The third-order valence-corrected chi connectivity index (χ3v) is 2.54. The number of rotatable bonds is 1. The van der Waals surface area contributed by atoms with Gasteiger partial charge in [-0.15, -0.1) is 0 Å². The zero-order valence-corrected chi connectivity index (χ0v) is 9.19. The predicted octanol–water partition coefficient (Wildman–Crippen LogP) is 2.11. The Morgan fingerprint density at radius 2 is 1.93 bits per heavy atom. The van der Waals surface area contributed by atoms with E-state index < -0.39 is 0 Å². The van der Waals surface area contributed by atoms with Gasteiger partial charge in [-0.3, -0.25) is 0 Å².